The van der Waals surface area contributed by atoms with Gasteiger partial charge in [-0.25, -0.2) is 9.89 Å². The number of aryl methyl sites for hydroxylation is 1. The van der Waals surface area contributed by atoms with Gasteiger partial charge in [0, 0.05) is 30.9 Å². The number of amides is 1. The Morgan fingerprint density at radius 2 is 2.30 bits per heavy atom. The van der Waals surface area contributed by atoms with Crippen molar-refractivity contribution < 1.29 is 4.79 Å². The van der Waals surface area contributed by atoms with Crippen molar-refractivity contribution in [3.05, 3.63) is 45.9 Å². The molecule has 0 saturated carbocycles. The first-order valence-corrected chi connectivity index (χ1v) is 6.02. The van der Waals surface area contributed by atoms with E-state index in [1.165, 1.54) is 12.4 Å². The molecule has 0 aromatic carbocycles. The zero-order chi connectivity index (χ0) is 14.4. The highest BCUT2D eigenvalue weighted by Gasteiger charge is 2.06. The number of rotatable bonds is 5. The van der Waals surface area contributed by atoms with Crippen LogP contribution in [0.5, 0.6) is 0 Å². The fourth-order valence-corrected chi connectivity index (χ4v) is 1.63. The molecule has 0 aliphatic heterocycles. The number of carbonyl (C=O) groups is 1. The lowest BCUT2D eigenvalue weighted by atomic mass is 10.2. The molecule has 2 heterocycles. The Bertz CT molecular complexity index is 695. The van der Waals surface area contributed by atoms with E-state index in [0.717, 1.165) is 0 Å². The number of terminal acetylenes is 1. The van der Waals surface area contributed by atoms with E-state index in [2.05, 4.69) is 31.4 Å². The minimum atomic E-state index is -0.332. The van der Waals surface area contributed by atoms with Crippen LogP contribution in [-0.2, 0) is 6.42 Å². The van der Waals surface area contributed by atoms with E-state index in [-0.39, 0.29) is 11.6 Å². The van der Waals surface area contributed by atoms with E-state index in [4.69, 9.17) is 6.42 Å². The second-order valence-electron chi connectivity index (χ2n) is 4.09. The number of carbonyl (C=O) groups excluding carboxylic acids is 1. The van der Waals surface area contributed by atoms with Crippen LogP contribution in [0.3, 0.4) is 0 Å². The van der Waals surface area contributed by atoms with Crippen LogP contribution >= 0.6 is 0 Å². The van der Waals surface area contributed by atoms with Gasteiger partial charge in [-0.3, -0.25) is 14.8 Å². The summed E-state index contributed by atoms with van der Waals surface area (Å²) < 4.78 is 0. The lowest BCUT2D eigenvalue weighted by Gasteiger charge is -2.04. The van der Waals surface area contributed by atoms with Gasteiger partial charge in [0.25, 0.3) is 5.91 Å². The molecule has 20 heavy (non-hydrogen) atoms. The SMILES string of the molecule is C#Cc1cncc(C(=O)NCCCc2n[nH]c(=O)[nH]2)c1. The maximum atomic E-state index is 11.8. The topological polar surface area (TPSA) is 104 Å². The van der Waals surface area contributed by atoms with E-state index >= 15 is 0 Å². The van der Waals surface area contributed by atoms with Crippen molar-refractivity contribution in [3.63, 3.8) is 0 Å². The van der Waals surface area contributed by atoms with Crippen LogP contribution in [0.2, 0.25) is 0 Å². The number of nitrogens with zero attached hydrogens (tertiary/aromatic N) is 2. The molecule has 0 radical (unpaired) electrons. The number of aromatic amines is 2. The van der Waals surface area contributed by atoms with Crippen molar-refractivity contribution in [1.82, 2.24) is 25.5 Å². The Morgan fingerprint density at radius 3 is 3.00 bits per heavy atom. The molecule has 0 atom stereocenters. The van der Waals surface area contributed by atoms with Crippen molar-refractivity contribution in [1.29, 1.82) is 0 Å². The van der Waals surface area contributed by atoms with Gasteiger partial charge in [0.05, 0.1) is 5.56 Å². The molecule has 0 fully saturated rings. The van der Waals surface area contributed by atoms with Crippen LogP contribution in [0.15, 0.2) is 23.3 Å². The number of aromatic nitrogens is 4. The van der Waals surface area contributed by atoms with E-state index in [1.807, 2.05) is 0 Å². The quantitative estimate of drug-likeness (QED) is 0.519. The van der Waals surface area contributed by atoms with Crippen molar-refractivity contribution in [2.45, 2.75) is 12.8 Å². The summed E-state index contributed by atoms with van der Waals surface area (Å²) in [6.45, 7) is 0.466. The maximum absolute atomic E-state index is 11.8. The van der Waals surface area contributed by atoms with Gasteiger partial charge in [-0.05, 0) is 12.5 Å². The highest BCUT2D eigenvalue weighted by atomic mass is 16.2. The second kappa shape index (κ2) is 6.33. The lowest BCUT2D eigenvalue weighted by Crippen LogP contribution is -2.25. The summed E-state index contributed by atoms with van der Waals surface area (Å²) in [5.74, 6) is 2.76. The first kappa shape index (κ1) is 13.5. The largest absolute Gasteiger partial charge is 0.352 e. The summed E-state index contributed by atoms with van der Waals surface area (Å²) in [5.41, 5.74) is 0.654. The summed E-state index contributed by atoms with van der Waals surface area (Å²) >= 11 is 0. The minimum absolute atomic E-state index is 0.231. The average molecular weight is 271 g/mol. The van der Waals surface area contributed by atoms with Crippen molar-refractivity contribution in [2.75, 3.05) is 6.54 Å². The van der Waals surface area contributed by atoms with Gasteiger partial charge < -0.3 is 5.32 Å². The Labute approximate surface area is 114 Å². The van der Waals surface area contributed by atoms with Crippen LogP contribution in [-0.4, -0.2) is 32.6 Å². The number of hydrogen-bond acceptors (Lipinski definition) is 4. The molecule has 7 heteroatoms. The van der Waals surface area contributed by atoms with E-state index < -0.39 is 0 Å². The molecule has 2 aromatic rings. The van der Waals surface area contributed by atoms with Crippen LogP contribution in [0.4, 0.5) is 0 Å². The Morgan fingerprint density at radius 1 is 1.45 bits per heavy atom. The number of nitrogens with one attached hydrogen (secondary N) is 3. The van der Waals surface area contributed by atoms with Gasteiger partial charge in [-0.15, -0.1) is 6.42 Å². The van der Waals surface area contributed by atoms with Crippen molar-refractivity contribution in [3.8, 4) is 12.3 Å². The molecule has 3 N–H and O–H groups in total. The van der Waals surface area contributed by atoms with Gasteiger partial charge in [-0.2, -0.15) is 5.10 Å². The third-order valence-corrected chi connectivity index (χ3v) is 2.59. The predicted molar refractivity (Wildman–Crippen MR) is 72.0 cm³/mol. The summed E-state index contributed by atoms with van der Waals surface area (Å²) in [7, 11) is 0. The average Bonchev–Trinajstić information content (AvgIpc) is 2.89. The first-order chi connectivity index (χ1) is 9.69. The fraction of sp³-hybridized carbons (Fsp3) is 0.231. The number of pyridine rings is 1. The Balaban J connectivity index is 1.80. The molecule has 102 valence electrons. The molecule has 0 unspecified atom stereocenters. The van der Waals surface area contributed by atoms with Crippen LogP contribution in [0.25, 0.3) is 0 Å². The predicted octanol–water partition coefficient (Wildman–Crippen LogP) is -0.163. The molecular formula is C13H13N5O2. The highest BCUT2D eigenvalue weighted by Crippen LogP contribution is 2.01. The normalized spacial score (nSPS) is 9.95. The standard InChI is InChI=1S/C13H13N5O2/c1-2-9-6-10(8-14-7-9)12(19)15-5-3-4-11-16-13(20)18-17-11/h1,6-8H,3-5H2,(H,15,19)(H2,16,17,18,20). The van der Waals surface area contributed by atoms with Gasteiger partial charge in [0.1, 0.15) is 5.82 Å². The Hall–Kier alpha value is -2.88. The third kappa shape index (κ3) is 3.55. The van der Waals surface area contributed by atoms with Crippen LogP contribution < -0.4 is 11.0 Å². The van der Waals surface area contributed by atoms with E-state index in [0.29, 0.717) is 36.3 Å². The molecule has 0 saturated heterocycles. The number of hydrogen-bond donors (Lipinski definition) is 3. The Kier molecular flexibility index (Phi) is 4.29. The smallest absolute Gasteiger partial charge is 0.340 e. The molecule has 7 nitrogen and oxygen atoms in total. The molecule has 0 aliphatic carbocycles. The van der Waals surface area contributed by atoms with Crippen LogP contribution in [0.1, 0.15) is 28.2 Å². The highest BCUT2D eigenvalue weighted by molar-refractivity contribution is 5.94. The van der Waals surface area contributed by atoms with E-state index in [1.54, 1.807) is 6.07 Å². The van der Waals surface area contributed by atoms with Crippen molar-refractivity contribution in [2.24, 2.45) is 0 Å². The zero-order valence-electron chi connectivity index (χ0n) is 10.6. The van der Waals surface area contributed by atoms with E-state index in [9.17, 15) is 9.59 Å². The number of H-pyrrole nitrogens is 2. The van der Waals surface area contributed by atoms with Crippen molar-refractivity contribution >= 4 is 5.91 Å². The van der Waals surface area contributed by atoms with Gasteiger partial charge in [0.2, 0.25) is 0 Å². The summed E-state index contributed by atoms with van der Waals surface area (Å²) in [4.78, 5) is 29.1. The van der Waals surface area contributed by atoms with Gasteiger partial charge in [-0.1, -0.05) is 5.92 Å². The zero-order valence-corrected chi connectivity index (χ0v) is 10.6. The molecular weight excluding hydrogens is 258 g/mol. The van der Waals surface area contributed by atoms with Gasteiger partial charge >= 0.3 is 5.69 Å². The molecule has 1 amide bonds. The molecule has 2 rings (SSSR count). The first-order valence-electron chi connectivity index (χ1n) is 6.02. The van der Waals surface area contributed by atoms with Crippen LogP contribution in [0, 0.1) is 12.3 Å². The molecule has 0 bridgehead atoms. The fourth-order valence-electron chi connectivity index (χ4n) is 1.63. The summed E-state index contributed by atoms with van der Waals surface area (Å²) in [6, 6.07) is 1.60. The summed E-state index contributed by atoms with van der Waals surface area (Å²) in [5, 5.41) is 8.81. The summed E-state index contributed by atoms with van der Waals surface area (Å²) in [6.07, 6.45) is 9.46. The van der Waals surface area contributed by atoms with Gasteiger partial charge in [0.15, 0.2) is 0 Å². The minimum Gasteiger partial charge on any atom is -0.352 e. The lowest BCUT2D eigenvalue weighted by molar-refractivity contribution is 0.0952. The second-order valence-corrected chi connectivity index (χ2v) is 4.09. The monoisotopic (exact) mass is 271 g/mol. The maximum Gasteiger partial charge on any atom is 0.340 e. The molecule has 0 aliphatic rings. The third-order valence-electron chi connectivity index (χ3n) is 2.59. The molecule has 0 spiro atoms. The molecule has 2 aromatic heterocycles.